The van der Waals surface area contributed by atoms with Crippen molar-refractivity contribution in [1.29, 1.82) is 0 Å². The number of halogens is 1. The summed E-state index contributed by atoms with van der Waals surface area (Å²) in [6.45, 7) is 3.26. The third kappa shape index (κ3) is 3.19. The minimum absolute atomic E-state index is 0.0232. The summed E-state index contributed by atoms with van der Waals surface area (Å²) in [7, 11) is 0. The van der Waals surface area contributed by atoms with Gasteiger partial charge in [0.05, 0.1) is 11.3 Å². The zero-order chi connectivity index (χ0) is 13.9. The normalized spacial score (nSPS) is 10.4. The molecule has 0 saturated heterocycles. The number of benzene rings is 1. The predicted molar refractivity (Wildman–Crippen MR) is 65.0 cm³/mol. The summed E-state index contributed by atoms with van der Waals surface area (Å²) in [5, 5.41) is 8.85. The molecule has 0 spiro atoms. The van der Waals surface area contributed by atoms with Crippen LogP contribution in [0.4, 0.5) is 10.1 Å². The van der Waals surface area contributed by atoms with Gasteiger partial charge in [0.1, 0.15) is 12.4 Å². The van der Waals surface area contributed by atoms with E-state index in [1.807, 2.05) is 0 Å². The molecule has 6 heteroatoms. The Balaban J connectivity index is 3.27. The maximum Gasteiger partial charge on any atom is 0.323 e. The monoisotopic (exact) mass is 254 g/mol. The molecule has 1 rings (SSSR count). The molecule has 0 aliphatic rings. The largest absolute Gasteiger partial charge is 0.480 e. The molecule has 0 saturated carbocycles. The number of rotatable bonds is 5. The molecule has 1 aromatic rings. The fraction of sp³-hybridized carbons (Fsp3) is 0.333. The standard InChI is InChI=1S/C12H15FN2O3/c1-7(2)15(6-11(16)17)10-4-3-8(13)5-9(10)12(14)18/h3-5,7H,6H2,1-2H3,(H2,14,18)(H,16,17). The molecule has 1 aromatic carbocycles. The minimum atomic E-state index is -1.04. The lowest BCUT2D eigenvalue weighted by Gasteiger charge is -2.28. The Morgan fingerprint density at radius 2 is 2.06 bits per heavy atom. The van der Waals surface area contributed by atoms with Gasteiger partial charge in [-0.05, 0) is 32.0 Å². The number of hydrogen-bond donors (Lipinski definition) is 2. The van der Waals surface area contributed by atoms with Crippen molar-refractivity contribution in [1.82, 2.24) is 0 Å². The first-order valence-electron chi connectivity index (χ1n) is 5.40. The molecule has 0 aliphatic carbocycles. The van der Waals surface area contributed by atoms with Crippen LogP contribution in [0, 0.1) is 5.82 Å². The highest BCUT2D eigenvalue weighted by molar-refractivity contribution is 5.99. The number of primary amides is 1. The Morgan fingerprint density at radius 3 is 2.50 bits per heavy atom. The minimum Gasteiger partial charge on any atom is -0.480 e. The number of anilines is 1. The highest BCUT2D eigenvalue weighted by atomic mass is 19.1. The maximum absolute atomic E-state index is 13.1. The van der Waals surface area contributed by atoms with Gasteiger partial charge in [0.25, 0.3) is 5.91 Å². The van der Waals surface area contributed by atoms with Crippen LogP contribution >= 0.6 is 0 Å². The van der Waals surface area contributed by atoms with Gasteiger partial charge in [-0.15, -0.1) is 0 Å². The van der Waals surface area contributed by atoms with Gasteiger partial charge in [0.15, 0.2) is 0 Å². The highest BCUT2D eigenvalue weighted by Gasteiger charge is 2.20. The van der Waals surface area contributed by atoms with Gasteiger partial charge in [-0.25, -0.2) is 4.39 Å². The lowest BCUT2D eigenvalue weighted by atomic mass is 10.1. The number of nitrogens with zero attached hydrogens (tertiary/aromatic N) is 1. The third-order valence-corrected chi connectivity index (χ3v) is 2.46. The first-order valence-corrected chi connectivity index (χ1v) is 5.40. The van der Waals surface area contributed by atoms with Gasteiger partial charge >= 0.3 is 5.97 Å². The van der Waals surface area contributed by atoms with E-state index in [9.17, 15) is 14.0 Å². The molecule has 0 unspecified atom stereocenters. The molecule has 0 aliphatic heterocycles. The van der Waals surface area contributed by atoms with E-state index >= 15 is 0 Å². The molecular formula is C12H15FN2O3. The van der Waals surface area contributed by atoms with Crippen LogP contribution in [0.25, 0.3) is 0 Å². The molecular weight excluding hydrogens is 239 g/mol. The van der Waals surface area contributed by atoms with Gasteiger partial charge in [0, 0.05) is 6.04 Å². The van der Waals surface area contributed by atoms with Crippen LogP contribution in [0.5, 0.6) is 0 Å². The van der Waals surface area contributed by atoms with Gasteiger partial charge in [-0.1, -0.05) is 0 Å². The highest BCUT2D eigenvalue weighted by Crippen LogP contribution is 2.23. The van der Waals surface area contributed by atoms with Crippen LogP contribution in [-0.2, 0) is 4.79 Å². The van der Waals surface area contributed by atoms with Gasteiger partial charge in [0.2, 0.25) is 0 Å². The molecule has 18 heavy (non-hydrogen) atoms. The van der Waals surface area contributed by atoms with Gasteiger partial charge < -0.3 is 15.7 Å². The number of carboxylic acids is 1. The molecule has 0 heterocycles. The first kappa shape index (κ1) is 14.0. The summed E-state index contributed by atoms with van der Waals surface area (Å²) in [5.74, 6) is -2.42. The first-order chi connectivity index (χ1) is 8.32. The van der Waals surface area contributed by atoms with Crippen molar-refractivity contribution >= 4 is 17.6 Å². The molecule has 98 valence electrons. The molecule has 5 nitrogen and oxygen atoms in total. The lowest BCUT2D eigenvalue weighted by molar-refractivity contribution is -0.135. The Morgan fingerprint density at radius 1 is 1.44 bits per heavy atom. The smallest absolute Gasteiger partial charge is 0.323 e. The fourth-order valence-electron chi connectivity index (χ4n) is 1.65. The quantitative estimate of drug-likeness (QED) is 0.827. The van der Waals surface area contributed by atoms with Gasteiger partial charge in [-0.3, -0.25) is 9.59 Å². The van der Waals surface area contributed by atoms with E-state index in [2.05, 4.69) is 0 Å². The van der Waals surface area contributed by atoms with Crippen molar-refractivity contribution in [3.63, 3.8) is 0 Å². The maximum atomic E-state index is 13.1. The molecule has 0 aromatic heterocycles. The Hall–Kier alpha value is -2.11. The second kappa shape index (κ2) is 5.48. The summed E-state index contributed by atoms with van der Waals surface area (Å²) in [6, 6.07) is 3.37. The van der Waals surface area contributed by atoms with E-state index < -0.39 is 17.7 Å². The molecule has 3 N–H and O–H groups in total. The van der Waals surface area contributed by atoms with Crippen molar-refractivity contribution in [2.75, 3.05) is 11.4 Å². The fourth-order valence-corrected chi connectivity index (χ4v) is 1.65. The second-order valence-corrected chi connectivity index (χ2v) is 4.14. The van der Waals surface area contributed by atoms with E-state index in [4.69, 9.17) is 10.8 Å². The van der Waals surface area contributed by atoms with Crippen molar-refractivity contribution in [2.24, 2.45) is 5.73 Å². The van der Waals surface area contributed by atoms with Crippen LogP contribution in [0.3, 0.4) is 0 Å². The van der Waals surface area contributed by atoms with E-state index in [0.29, 0.717) is 5.69 Å². The average molecular weight is 254 g/mol. The average Bonchev–Trinajstić information content (AvgIpc) is 2.25. The van der Waals surface area contributed by atoms with Crippen LogP contribution in [0.15, 0.2) is 18.2 Å². The van der Waals surface area contributed by atoms with E-state index in [0.717, 1.165) is 6.07 Å². The van der Waals surface area contributed by atoms with Crippen molar-refractivity contribution in [3.8, 4) is 0 Å². The zero-order valence-electron chi connectivity index (χ0n) is 10.2. The van der Waals surface area contributed by atoms with Crippen LogP contribution in [0.1, 0.15) is 24.2 Å². The van der Waals surface area contributed by atoms with E-state index in [1.54, 1.807) is 13.8 Å². The molecule has 0 atom stereocenters. The summed E-state index contributed by atoms with van der Waals surface area (Å²) >= 11 is 0. The number of carboxylic acid groups (broad SMARTS) is 1. The van der Waals surface area contributed by atoms with Crippen molar-refractivity contribution in [2.45, 2.75) is 19.9 Å². The van der Waals surface area contributed by atoms with E-state index in [1.165, 1.54) is 17.0 Å². The number of carbonyl (C=O) groups excluding carboxylic acids is 1. The van der Waals surface area contributed by atoms with E-state index in [-0.39, 0.29) is 18.2 Å². The number of amides is 1. The SMILES string of the molecule is CC(C)N(CC(=O)O)c1ccc(F)cc1C(N)=O. The lowest BCUT2D eigenvalue weighted by Crippen LogP contribution is -2.37. The zero-order valence-corrected chi connectivity index (χ0v) is 10.2. The summed E-state index contributed by atoms with van der Waals surface area (Å²) < 4.78 is 13.1. The number of hydrogen-bond acceptors (Lipinski definition) is 3. The number of nitrogens with two attached hydrogens (primary N) is 1. The molecule has 0 radical (unpaired) electrons. The van der Waals surface area contributed by atoms with Crippen LogP contribution in [0.2, 0.25) is 0 Å². The molecule has 0 fully saturated rings. The van der Waals surface area contributed by atoms with Gasteiger partial charge in [-0.2, -0.15) is 0 Å². The number of aliphatic carboxylic acids is 1. The second-order valence-electron chi connectivity index (χ2n) is 4.14. The molecule has 0 bridgehead atoms. The summed E-state index contributed by atoms with van der Waals surface area (Å²) in [6.07, 6.45) is 0. The van der Waals surface area contributed by atoms with Crippen LogP contribution in [-0.4, -0.2) is 29.6 Å². The molecule has 1 amide bonds. The Bertz CT molecular complexity index is 474. The topological polar surface area (TPSA) is 83.6 Å². The summed E-state index contributed by atoms with van der Waals surface area (Å²) in [5.41, 5.74) is 5.47. The Labute approximate surface area is 104 Å². The third-order valence-electron chi connectivity index (χ3n) is 2.46. The summed E-state index contributed by atoms with van der Waals surface area (Å²) in [4.78, 5) is 23.5. The predicted octanol–water partition coefficient (Wildman–Crippen LogP) is 1.22. The number of carbonyl (C=O) groups is 2. The van der Waals surface area contributed by atoms with Crippen molar-refractivity contribution < 1.29 is 19.1 Å². The van der Waals surface area contributed by atoms with Crippen LogP contribution < -0.4 is 10.6 Å². The Kier molecular flexibility index (Phi) is 4.25. The van der Waals surface area contributed by atoms with Crippen molar-refractivity contribution in [3.05, 3.63) is 29.6 Å².